The average Bonchev–Trinajstić information content (AvgIpc) is 3.09. The minimum Gasteiger partial charge on any atom is -0.378 e. The number of hydrogen-bond donors (Lipinski definition) is 1. The highest BCUT2D eigenvalue weighted by Crippen LogP contribution is 2.25. The van der Waals surface area contributed by atoms with Crippen molar-refractivity contribution in [1.82, 2.24) is 9.97 Å². The smallest absolute Gasteiger partial charge is 0.200 e. The molecule has 1 aromatic carbocycles. The van der Waals surface area contributed by atoms with Crippen LogP contribution in [0, 0.1) is 0 Å². The van der Waals surface area contributed by atoms with Gasteiger partial charge in [-0.2, -0.15) is 0 Å². The lowest BCUT2D eigenvalue weighted by molar-refractivity contribution is 0.556. The summed E-state index contributed by atoms with van der Waals surface area (Å²) in [5, 5.41) is 6.32. The van der Waals surface area contributed by atoms with E-state index in [1.54, 1.807) is 50.4 Å². The summed E-state index contributed by atoms with van der Waals surface area (Å²) in [6.07, 6.45) is 1.54. The van der Waals surface area contributed by atoms with Gasteiger partial charge in [-0.15, -0.1) is 11.3 Å². The lowest BCUT2D eigenvalue weighted by Crippen LogP contribution is -2.28. The van der Waals surface area contributed by atoms with Gasteiger partial charge in [0, 0.05) is 10.9 Å². The fourth-order valence-corrected chi connectivity index (χ4v) is 4.14. The van der Waals surface area contributed by atoms with Crippen LogP contribution in [0.15, 0.2) is 59.1 Å². The molecule has 2 heterocycles. The maximum absolute atomic E-state index is 12.4. The topological polar surface area (TPSA) is 72.0 Å². The van der Waals surface area contributed by atoms with Crippen molar-refractivity contribution < 1.29 is 8.42 Å². The molecule has 7 heteroatoms. The number of aromatic nitrogens is 2. The van der Waals surface area contributed by atoms with E-state index >= 15 is 0 Å². The standard InChI is InChI=1S/C19H21N3O2S2/c1-19(2,3)26(23,24)17-10-9-15(11-21-17)20-12-16-13-25-18(22-16)14-7-5-4-6-8-14/h4-11,13,20H,12H2,1-3H3. The molecule has 0 aliphatic carbocycles. The Balaban J connectivity index is 1.67. The molecule has 0 saturated carbocycles. The van der Waals surface area contributed by atoms with Crippen molar-refractivity contribution in [3.63, 3.8) is 0 Å². The van der Waals surface area contributed by atoms with E-state index in [4.69, 9.17) is 0 Å². The molecule has 0 amide bonds. The summed E-state index contributed by atoms with van der Waals surface area (Å²) >= 11 is 1.60. The molecule has 0 saturated heterocycles. The van der Waals surface area contributed by atoms with Crippen molar-refractivity contribution in [1.29, 1.82) is 0 Å². The molecule has 3 aromatic rings. The zero-order valence-corrected chi connectivity index (χ0v) is 16.6. The van der Waals surface area contributed by atoms with Crippen LogP contribution in [0.4, 0.5) is 5.69 Å². The molecule has 0 radical (unpaired) electrons. The number of anilines is 1. The van der Waals surface area contributed by atoms with E-state index in [2.05, 4.69) is 15.3 Å². The predicted molar refractivity (Wildman–Crippen MR) is 106 cm³/mol. The van der Waals surface area contributed by atoms with Crippen LogP contribution in [0.3, 0.4) is 0 Å². The molecule has 0 spiro atoms. The van der Waals surface area contributed by atoms with Crippen LogP contribution >= 0.6 is 11.3 Å². The van der Waals surface area contributed by atoms with E-state index in [9.17, 15) is 8.42 Å². The molecule has 0 bridgehead atoms. The van der Waals surface area contributed by atoms with Gasteiger partial charge in [0.25, 0.3) is 0 Å². The maximum atomic E-state index is 12.4. The number of nitrogens with one attached hydrogen (secondary N) is 1. The van der Waals surface area contributed by atoms with E-state index in [-0.39, 0.29) is 5.03 Å². The van der Waals surface area contributed by atoms with Crippen LogP contribution in [0.1, 0.15) is 26.5 Å². The van der Waals surface area contributed by atoms with Crippen LogP contribution in [0.25, 0.3) is 10.6 Å². The van der Waals surface area contributed by atoms with E-state index in [0.717, 1.165) is 22.0 Å². The van der Waals surface area contributed by atoms with Crippen molar-refractivity contribution >= 4 is 26.9 Å². The summed E-state index contributed by atoms with van der Waals surface area (Å²) in [6, 6.07) is 13.3. The molecule has 2 aromatic heterocycles. The maximum Gasteiger partial charge on any atom is 0.200 e. The Labute approximate surface area is 158 Å². The Morgan fingerprint density at radius 3 is 2.42 bits per heavy atom. The predicted octanol–water partition coefficient (Wildman–Crippen LogP) is 4.39. The fraction of sp³-hybridized carbons (Fsp3) is 0.263. The summed E-state index contributed by atoms with van der Waals surface area (Å²) in [6.45, 7) is 5.56. The van der Waals surface area contributed by atoms with Gasteiger partial charge in [-0.25, -0.2) is 18.4 Å². The highest BCUT2D eigenvalue weighted by Gasteiger charge is 2.31. The van der Waals surface area contributed by atoms with Crippen LogP contribution in [0.2, 0.25) is 0 Å². The van der Waals surface area contributed by atoms with E-state index in [1.165, 1.54) is 0 Å². The number of pyridine rings is 1. The normalized spacial score (nSPS) is 12.1. The van der Waals surface area contributed by atoms with Gasteiger partial charge in [-0.1, -0.05) is 30.3 Å². The lowest BCUT2D eigenvalue weighted by atomic mass is 10.2. The lowest BCUT2D eigenvalue weighted by Gasteiger charge is -2.18. The van der Waals surface area contributed by atoms with Gasteiger partial charge < -0.3 is 5.32 Å². The molecule has 0 fully saturated rings. The molecular weight excluding hydrogens is 366 g/mol. The molecule has 0 aliphatic heterocycles. The number of nitrogens with zero attached hydrogens (tertiary/aromatic N) is 2. The Morgan fingerprint density at radius 2 is 1.81 bits per heavy atom. The molecule has 3 rings (SSSR count). The number of benzene rings is 1. The first kappa shape index (κ1) is 18.5. The van der Waals surface area contributed by atoms with Gasteiger partial charge in [0.05, 0.1) is 28.9 Å². The van der Waals surface area contributed by atoms with E-state index in [0.29, 0.717) is 6.54 Å². The number of thiazole rings is 1. The van der Waals surface area contributed by atoms with Crippen molar-refractivity contribution in [2.45, 2.75) is 37.1 Å². The molecular formula is C19H21N3O2S2. The van der Waals surface area contributed by atoms with Crippen molar-refractivity contribution in [3.8, 4) is 10.6 Å². The highest BCUT2D eigenvalue weighted by atomic mass is 32.2. The first-order valence-corrected chi connectivity index (χ1v) is 10.6. The summed E-state index contributed by atoms with van der Waals surface area (Å²) in [5.74, 6) is 0. The first-order valence-electron chi connectivity index (χ1n) is 8.22. The SMILES string of the molecule is CC(C)(C)S(=O)(=O)c1ccc(NCc2csc(-c3ccccc3)n2)cn1. The first-order chi connectivity index (χ1) is 12.3. The van der Waals surface area contributed by atoms with E-state index in [1.807, 2.05) is 35.7 Å². The second-order valence-corrected chi connectivity index (χ2v) is 10.4. The molecule has 26 heavy (non-hydrogen) atoms. The minimum atomic E-state index is -3.44. The Bertz CT molecular complexity index is 974. The van der Waals surface area contributed by atoms with Gasteiger partial charge in [-0.05, 0) is 32.9 Å². The van der Waals surface area contributed by atoms with Crippen molar-refractivity contribution in [3.05, 3.63) is 59.7 Å². The Hall–Kier alpha value is -2.25. The molecule has 0 unspecified atom stereocenters. The molecule has 5 nitrogen and oxygen atoms in total. The highest BCUT2D eigenvalue weighted by molar-refractivity contribution is 7.92. The summed E-state index contributed by atoms with van der Waals surface area (Å²) < 4.78 is 23.9. The zero-order valence-electron chi connectivity index (χ0n) is 14.9. The summed E-state index contributed by atoms with van der Waals surface area (Å²) in [5.41, 5.74) is 2.79. The molecule has 136 valence electrons. The van der Waals surface area contributed by atoms with Gasteiger partial charge in [-0.3, -0.25) is 0 Å². The fourth-order valence-electron chi connectivity index (χ4n) is 2.25. The van der Waals surface area contributed by atoms with Gasteiger partial charge in [0.2, 0.25) is 0 Å². The van der Waals surface area contributed by atoms with Crippen LogP contribution in [0.5, 0.6) is 0 Å². The number of hydrogen-bond acceptors (Lipinski definition) is 6. The molecule has 0 aliphatic rings. The minimum absolute atomic E-state index is 0.0931. The zero-order chi connectivity index (χ0) is 18.8. The monoisotopic (exact) mass is 387 g/mol. The second-order valence-electron chi connectivity index (χ2n) is 6.86. The van der Waals surface area contributed by atoms with E-state index < -0.39 is 14.6 Å². The summed E-state index contributed by atoms with van der Waals surface area (Å²) in [7, 11) is -3.44. The third-order valence-corrected chi connectivity index (χ3v) is 7.21. The average molecular weight is 388 g/mol. The largest absolute Gasteiger partial charge is 0.378 e. The van der Waals surface area contributed by atoms with Crippen molar-refractivity contribution in [2.24, 2.45) is 0 Å². The van der Waals surface area contributed by atoms with Crippen LogP contribution in [-0.2, 0) is 16.4 Å². The van der Waals surface area contributed by atoms with Crippen LogP contribution in [-0.4, -0.2) is 23.1 Å². The Kier molecular flexibility index (Phi) is 5.11. The third-order valence-electron chi connectivity index (χ3n) is 3.86. The Morgan fingerprint density at radius 1 is 1.08 bits per heavy atom. The second kappa shape index (κ2) is 7.17. The molecule has 0 atom stereocenters. The number of rotatable bonds is 5. The summed E-state index contributed by atoms with van der Waals surface area (Å²) in [4.78, 5) is 8.74. The quantitative estimate of drug-likeness (QED) is 0.703. The van der Waals surface area contributed by atoms with Gasteiger partial charge >= 0.3 is 0 Å². The third kappa shape index (κ3) is 3.94. The van der Waals surface area contributed by atoms with Gasteiger partial charge in [0.15, 0.2) is 14.9 Å². The van der Waals surface area contributed by atoms with Crippen molar-refractivity contribution in [2.75, 3.05) is 5.32 Å². The molecule has 1 N–H and O–H groups in total. The van der Waals surface area contributed by atoms with Crippen LogP contribution < -0.4 is 5.32 Å². The van der Waals surface area contributed by atoms with Gasteiger partial charge in [0.1, 0.15) is 5.01 Å². The number of sulfone groups is 1.